The monoisotopic (exact) mass is 229 g/mol. The van der Waals surface area contributed by atoms with Crippen LogP contribution in [0.1, 0.15) is 24.9 Å². The fourth-order valence-corrected chi connectivity index (χ4v) is 1.84. The Balaban J connectivity index is 2.33. The van der Waals surface area contributed by atoms with Gasteiger partial charge in [0.15, 0.2) is 0 Å². The molecule has 2 N–H and O–H groups in total. The molecule has 0 saturated heterocycles. The highest BCUT2D eigenvalue weighted by Crippen LogP contribution is 2.24. The summed E-state index contributed by atoms with van der Waals surface area (Å²) < 4.78 is 13.6. The minimum Gasteiger partial charge on any atom is -0.324 e. The Morgan fingerprint density at radius 2 is 1.71 bits per heavy atom. The predicted octanol–water partition coefficient (Wildman–Crippen LogP) is 3.90. The van der Waals surface area contributed by atoms with Gasteiger partial charge in [0.25, 0.3) is 0 Å². The summed E-state index contributed by atoms with van der Waals surface area (Å²) in [6, 6.07) is 14.6. The van der Waals surface area contributed by atoms with Gasteiger partial charge < -0.3 is 5.73 Å². The second kappa shape index (κ2) is 5.11. The normalized spacial score (nSPS) is 12.4. The molecule has 0 spiro atoms. The van der Waals surface area contributed by atoms with Crippen LogP contribution in [0.5, 0.6) is 0 Å². The van der Waals surface area contributed by atoms with Crippen molar-refractivity contribution < 1.29 is 4.39 Å². The van der Waals surface area contributed by atoms with Gasteiger partial charge in [0.2, 0.25) is 0 Å². The van der Waals surface area contributed by atoms with Crippen molar-refractivity contribution in [1.29, 1.82) is 0 Å². The van der Waals surface area contributed by atoms with Gasteiger partial charge in [-0.05, 0) is 23.6 Å². The molecular weight excluding hydrogens is 213 g/mol. The van der Waals surface area contributed by atoms with E-state index in [-0.39, 0.29) is 11.9 Å². The van der Waals surface area contributed by atoms with Crippen LogP contribution < -0.4 is 5.73 Å². The van der Waals surface area contributed by atoms with E-state index in [0.29, 0.717) is 5.56 Å². The fraction of sp³-hybridized carbons (Fsp3) is 0.200. The minimum atomic E-state index is -0.194. The predicted molar refractivity (Wildman–Crippen MR) is 69.1 cm³/mol. The van der Waals surface area contributed by atoms with E-state index in [9.17, 15) is 4.39 Å². The maximum absolute atomic E-state index is 13.6. The molecule has 0 radical (unpaired) electrons. The number of nitrogens with two attached hydrogens (primary N) is 1. The molecule has 0 aromatic heterocycles. The summed E-state index contributed by atoms with van der Waals surface area (Å²) in [5.41, 5.74) is 8.54. The molecule has 0 bridgehead atoms. The fourth-order valence-electron chi connectivity index (χ4n) is 1.84. The number of benzene rings is 2. The molecule has 88 valence electrons. The Labute approximate surface area is 101 Å². The first-order valence-electron chi connectivity index (χ1n) is 5.83. The quantitative estimate of drug-likeness (QED) is 0.848. The Morgan fingerprint density at radius 1 is 1.06 bits per heavy atom. The first kappa shape index (κ1) is 11.8. The molecule has 0 aliphatic rings. The minimum absolute atomic E-state index is 0.0599. The van der Waals surface area contributed by atoms with E-state index in [1.54, 1.807) is 12.1 Å². The number of hydrogen-bond acceptors (Lipinski definition) is 1. The van der Waals surface area contributed by atoms with Crippen molar-refractivity contribution in [1.82, 2.24) is 0 Å². The van der Waals surface area contributed by atoms with Crippen LogP contribution in [0.4, 0.5) is 4.39 Å². The molecule has 1 atom stereocenters. The first-order chi connectivity index (χ1) is 8.22. The van der Waals surface area contributed by atoms with E-state index in [4.69, 9.17) is 5.73 Å². The summed E-state index contributed by atoms with van der Waals surface area (Å²) in [6.07, 6.45) is 0.902. The average Bonchev–Trinajstić information content (AvgIpc) is 2.39. The standard InChI is InChI=1S/C15H16FN/c1-2-15(17)12-9-7-11(8-10-12)13-5-3-4-6-14(13)16/h3-10,15H,2,17H2,1H3. The molecule has 0 amide bonds. The number of rotatable bonds is 3. The van der Waals surface area contributed by atoms with Crippen molar-refractivity contribution in [3.8, 4) is 11.1 Å². The van der Waals surface area contributed by atoms with Gasteiger partial charge in [0.05, 0.1) is 0 Å². The maximum Gasteiger partial charge on any atom is 0.131 e. The topological polar surface area (TPSA) is 26.0 Å². The third-order valence-corrected chi connectivity index (χ3v) is 2.96. The van der Waals surface area contributed by atoms with Crippen LogP contribution in [-0.4, -0.2) is 0 Å². The molecule has 2 rings (SSSR count). The zero-order valence-corrected chi connectivity index (χ0v) is 9.86. The molecule has 1 unspecified atom stereocenters. The van der Waals surface area contributed by atoms with Gasteiger partial charge in [-0.1, -0.05) is 49.4 Å². The second-order valence-corrected chi connectivity index (χ2v) is 4.12. The summed E-state index contributed by atoms with van der Waals surface area (Å²) in [6.45, 7) is 2.05. The zero-order chi connectivity index (χ0) is 12.3. The highest BCUT2D eigenvalue weighted by Gasteiger charge is 2.06. The van der Waals surface area contributed by atoms with Crippen molar-refractivity contribution >= 4 is 0 Å². The van der Waals surface area contributed by atoms with Crippen molar-refractivity contribution in [3.63, 3.8) is 0 Å². The molecule has 2 aromatic carbocycles. The van der Waals surface area contributed by atoms with Crippen LogP contribution in [0.3, 0.4) is 0 Å². The highest BCUT2D eigenvalue weighted by molar-refractivity contribution is 5.64. The molecule has 2 aromatic rings. The van der Waals surface area contributed by atoms with Crippen LogP contribution in [0.2, 0.25) is 0 Å². The summed E-state index contributed by atoms with van der Waals surface area (Å²) in [5.74, 6) is -0.194. The number of halogens is 1. The summed E-state index contributed by atoms with van der Waals surface area (Å²) in [7, 11) is 0. The average molecular weight is 229 g/mol. The highest BCUT2D eigenvalue weighted by atomic mass is 19.1. The van der Waals surface area contributed by atoms with Gasteiger partial charge in [-0.25, -0.2) is 4.39 Å². The van der Waals surface area contributed by atoms with Crippen LogP contribution in [0.25, 0.3) is 11.1 Å². The molecule has 0 heterocycles. The Morgan fingerprint density at radius 3 is 2.29 bits per heavy atom. The van der Waals surface area contributed by atoms with Crippen molar-refractivity contribution in [2.75, 3.05) is 0 Å². The summed E-state index contributed by atoms with van der Waals surface area (Å²) in [4.78, 5) is 0. The Bertz CT molecular complexity index is 491. The van der Waals surface area contributed by atoms with Crippen LogP contribution in [-0.2, 0) is 0 Å². The largest absolute Gasteiger partial charge is 0.324 e. The van der Waals surface area contributed by atoms with E-state index < -0.39 is 0 Å². The molecule has 0 saturated carbocycles. The lowest BCUT2D eigenvalue weighted by atomic mass is 10.00. The van der Waals surface area contributed by atoms with Gasteiger partial charge in [0.1, 0.15) is 5.82 Å². The second-order valence-electron chi connectivity index (χ2n) is 4.12. The van der Waals surface area contributed by atoms with Gasteiger partial charge in [-0.15, -0.1) is 0 Å². The maximum atomic E-state index is 13.6. The van der Waals surface area contributed by atoms with Gasteiger partial charge >= 0.3 is 0 Å². The molecule has 0 aliphatic heterocycles. The van der Waals surface area contributed by atoms with E-state index in [2.05, 4.69) is 6.92 Å². The van der Waals surface area contributed by atoms with Crippen molar-refractivity contribution in [3.05, 3.63) is 59.9 Å². The van der Waals surface area contributed by atoms with E-state index in [0.717, 1.165) is 17.5 Å². The van der Waals surface area contributed by atoms with Crippen molar-refractivity contribution in [2.45, 2.75) is 19.4 Å². The SMILES string of the molecule is CCC(N)c1ccc(-c2ccccc2F)cc1. The van der Waals surface area contributed by atoms with E-state index in [1.807, 2.05) is 30.3 Å². The lowest BCUT2D eigenvalue weighted by Crippen LogP contribution is -2.08. The molecular formula is C15H16FN. The molecule has 0 aliphatic carbocycles. The van der Waals surface area contributed by atoms with Gasteiger partial charge in [-0.3, -0.25) is 0 Å². The van der Waals surface area contributed by atoms with Gasteiger partial charge in [0, 0.05) is 11.6 Å². The van der Waals surface area contributed by atoms with E-state index in [1.165, 1.54) is 6.07 Å². The smallest absolute Gasteiger partial charge is 0.131 e. The van der Waals surface area contributed by atoms with Crippen LogP contribution in [0, 0.1) is 5.82 Å². The van der Waals surface area contributed by atoms with Crippen LogP contribution >= 0.6 is 0 Å². The molecule has 17 heavy (non-hydrogen) atoms. The van der Waals surface area contributed by atoms with Crippen molar-refractivity contribution in [2.24, 2.45) is 5.73 Å². The van der Waals surface area contributed by atoms with Gasteiger partial charge in [-0.2, -0.15) is 0 Å². The lowest BCUT2D eigenvalue weighted by Gasteiger charge is -2.10. The van der Waals surface area contributed by atoms with E-state index >= 15 is 0 Å². The third kappa shape index (κ3) is 2.53. The molecule has 0 fully saturated rings. The van der Waals surface area contributed by atoms with Crippen LogP contribution in [0.15, 0.2) is 48.5 Å². The Kier molecular flexibility index (Phi) is 3.55. The molecule has 1 nitrogen and oxygen atoms in total. The Hall–Kier alpha value is -1.67. The third-order valence-electron chi connectivity index (χ3n) is 2.96. The lowest BCUT2D eigenvalue weighted by molar-refractivity contribution is 0.631. The number of hydrogen-bond donors (Lipinski definition) is 1. The first-order valence-corrected chi connectivity index (χ1v) is 5.83. The summed E-state index contributed by atoms with van der Waals surface area (Å²) in [5, 5.41) is 0. The summed E-state index contributed by atoms with van der Waals surface area (Å²) >= 11 is 0. The zero-order valence-electron chi connectivity index (χ0n) is 9.86. The molecule has 2 heteroatoms.